The molecule has 0 radical (unpaired) electrons. The molecule has 3 aliphatic heterocycles. The zero-order valence-electron chi connectivity index (χ0n) is 29.9. The summed E-state index contributed by atoms with van der Waals surface area (Å²) in [6.07, 6.45) is 5.85. The number of fused-ring (bicyclic) bond motifs is 3. The Bertz CT molecular complexity index is 2130. The number of aromatic hydroxyl groups is 1. The molecule has 1 unspecified atom stereocenters. The second-order valence-electron chi connectivity index (χ2n) is 14.8. The molecule has 1 aliphatic carbocycles. The highest BCUT2D eigenvalue weighted by Crippen LogP contribution is 2.64. The number of phenols is 1. The third kappa shape index (κ3) is 5.96. The van der Waals surface area contributed by atoms with Crippen LogP contribution in [-0.2, 0) is 24.5 Å². The first kappa shape index (κ1) is 35.3. The van der Waals surface area contributed by atoms with Gasteiger partial charge in [-0.15, -0.1) is 6.58 Å². The molecular formula is C45H43N3O6. The Hall–Kier alpha value is -5.69. The van der Waals surface area contributed by atoms with Gasteiger partial charge in [-0.25, -0.2) is 0 Å². The van der Waals surface area contributed by atoms with Gasteiger partial charge < -0.3 is 25.6 Å². The number of morpholine rings is 1. The van der Waals surface area contributed by atoms with E-state index in [0.29, 0.717) is 35.2 Å². The molecule has 2 saturated heterocycles. The van der Waals surface area contributed by atoms with Gasteiger partial charge in [-0.3, -0.25) is 19.3 Å². The lowest BCUT2D eigenvalue weighted by molar-refractivity contribution is -0.178. The van der Waals surface area contributed by atoms with E-state index >= 15 is 4.79 Å². The van der Waals surface area contributed by atoms with Crippen molar-refractivity contribution in [2.45, 2.75) is 73.8 Å². The topological polar surface area (TPSA) is 128 Å². The quantitative estimate of drug-likeness (QED) is 0.0786. The summed E-state index contributed by atoms with van der Waals surface area (Å²) in [5, 5.41) is 27.9. The number of benzene rings is 4. The fraction of sp³-hybridized carbons (Fsp3) is 0.311. The van der Waals surface area contributed by atoms with Crippen molar-refractivity contribution in [1.82, 2.24) is 10.2 Å². The molecular weight excluding hydrogens is 679 g/mol. The zero-order chi connectivity index (χ0) is 37.5. The largest absolute Gasteiger partial charge is 0.508 e. The van der Waals surface area contributed by atoms with Gasteiger partial charge in [0.05, 0.1) is 18.0 Å². The molecule has 54 heavy (non-hydrogen) atoms. The standard InChI is InChI=1S/C45H43N3O6/c1-2-27-46-41(50)36-38-42(51)54-39(31-15-9-6-10-16-31)37(30-13-7-5-8-14-30)48(38)40(32-18-20-33(49)21-19-32)45(36)34-28-29(17-22-35(34)47-43(45)52)23-26-44(53)24-11-3-4-12-25-44/h2,5-10,13-22,28,36-40,49,53H,1,3-4,11-12,24-25,27H2,(H,46,50)(H,47,52)/t36?,37-,38-,39+,40+,45-/m1/s1. The van der Waals surface area contributed by atoms with Gasteiger partial charge in [0.1, 0.15) is 28.9 Å². The maximum atomic E-state index is 15.1. The van der Waals surface area contributed by atoms with E-state index in [1.54, 1.807) is 36.4 Å². The summed E-state index contributed by atoms with van der Waals surface area (Å²) >= 11 is 0. The van der Waals surface area contributed by atoms with Crippen LogP contribution < -0.4 is 10.6 Å². The van der Waals surface area contributed by atoms with Crippen LogP contribution in [0.15, 0.2) is 116 Å². The number of amides is 2. The molecule has 0 bridgehead atoms. The normalized spacial score (nSPS) is 27.0. The molecule has 9 nitrogen and oxygen atoms in total. The molecule has 1 saturated carbocycles. The van der Waals surface area contributed by atoms with Gasteiger partial charge in [0, 0.05) is 17.8 Å². The molecule has 9 heteroatoms. The summed E-state index contributed by atoms with van der Waals surface area (Å²) in [4.78, 5) is 46.6. The van der Waals surface area contributed by atoms with Crippen LogP contribution in [0.2, 0.25) is 0 Å². The van der Waals surface area contributed by atoms with E-state index in [0.717, 1.165) is 36.8 Å². The number of rotatable bonds is 6. The molecule has 1 spiro atoms. The number of hydrogen-bond acceptors (Lipinski definition) is 7. The fourth-order valence-corrected chi connectivity index (χ4v) is 9.24. The predicted octanol–water partition coefficient (Wildman–Crippen LogP) is 6.40. The van der Waals surface area contributed by atoms with Crippen LogP contribution >= 0.6 is 0 Å². The number of nitrogens with one attached hydrogen (secondary N) is 2. The minimum atomic E-state index is -1.67. The summed E-state index contributed by atoms with van der Waals surface area (Å²) in [6.45, 7) is 3.90. The lowest BCUT2D eigenvalue weighted by Gasteiger charge is -2.46. The third-order valence-corrected chi connectivity index (χ3v) is 11.6. The maximum Gasteiger partial charge on any atom is 0.324 e. The van der Waals surface area contributed by atoms with Crippen molar-refractivity contribution in [3.05, 3.63) is 144 Å². The minimum Gasteiger partial charge on any atom is -0.508 e. The molecule has 2 amide bonds. The lowest BCUT2D eigenvalue weighted by Crippen LogP contribution is -2.54. The number of carbonyl (C=O) groups excluding carboxylic acids is 3. The number of esters is 1. The van der Waals surface area contributed by atoms with Crippen molar-refractivity contribution in [2.75, 3.05) is 11.9 Å². The van der Waals surface area contributed by atoms with E-state index in [4.69, 9.17) is 4.74 Å². The van der Waals surface area contributed by atoms with Crippen molar-refractivity contribution in [3.63, 3.8) is 0 Å². The first-order valence-electron chi connectivity index (χ1n) is 18.7. The second kappa shape index (κ2) is 14.3. The smallest absolute Gasteiger partial charge is 0.324 e. The predicted molar refractivity (Wildman–Crippen MR) is 204 cm³/mol. The second-order valence-corrected chi connectivity index (χ2v) is 14.8. The molecule has 4 N–H and O–H groups in total. The van der Waals surface area contributed by atoms with E-state index < -0.39 is 58.9 Å². The molecule has 4 aliphatic rings. The Morgan fingerprint density at radius 3 is 2.22 bits per heavy atom. The van der Waals surface area contributed by atoms with Crippen LogP contribution in [0.1, 0.15) is 84.5 Å². The highest BCUT2D eigenvalue weighted by atomic mass is 16.6. The van der Waals surface area contributed by atoms with E-state index in [2.05, 4.69) is 29.1 Å². The Morgan fingerprint density at radius 1 is 0.889 bits per heavy atom. The van der Waals surface area contributed by atoms with Crippen LogP contribution in [-0.4, -0.2) is 51.1 Å². The molecule has 8 rings (SSSR count). The van der Waals surface area contributed by atoms with Crippen LogP contribution in [0.5, 0.6) is 5.75 Å². The highest BCUT2D eigenvalue weighted by Gasteiger charge is 2.74. The van der Waals surface area contributed by atoms with Gasteiger partial charge >= 0.3 is 5.97 Å². The third-order valence-electron chi connectivity index (χ3n) is 11.6. The number of aliphatic hydroxyl groups is 1. The molecule has 0 aromatic heterocycles. The number of hydrogen-bond donors (Lipinski definition) is 4. The molecule has 274 valence electrons. The highest BCUT2D eigenvalue weighted by molar-refractivity contribution is 6.12. The number of anilines is 1. The molecule has 3 heterocycles. The summed E-state index contributed by atoms with van der Waals surface area (Å²) in [5.74, 6) is 3.58. The number of cyclic esters (lactones) is 1. The van der Waals surface area contributed by atoms with Gasteiger partial charge in [-0.2, -0.15) is 0 Å². The summed E-state index contributed by atoms with van der Waals surface area (Å²) in [6, 6.07) is 28.5. The Kier molecular flexibility index (Phi) is 9.34. The Balaban J connectivity index is 1.39. The average Bonchev–Trinajstić information content (AvgIpc) is 3.55. The van der Waals surface area contributed by atoms with E-state index in [1.807, 2.05) is 77.7 Å². The van der Waals surface area contributed by atoms with Gasteiger partial charge in [0.2, 0.25) is 11.8 Å². The van der Waals surface area contributed by atoms with Gasteiger partial charge in [0.15, 0.2) is 0 Å². The molecule has 6 atom stereocenters. The number of ether oxygens (including phenoxy) is 1. The first-order chi connectivity index (χ1) is 26.2. The van der Waals surface area contributed by atoms with E-state index in [1.165, 1.54) is 0 Å². The number of phenolic OH excluding ortho intramolecular Hbond substituents is 1. The van der Waals surface area contributed by atoms with Crippen molar-refractivity contribution in [1.29, 1.82) is 0 Å². The summed E-state index contributed by atoms with van der Waals surface area (Å²) in [7, 11) is 0. The van der Waals surface area contributed by atoms with Crippen LogP contribution in [0, 0.1) is 17.8 Å². The zero-order valence-corrected chi connectivity index (χ0v) is 29.9. The van der Waals surface area contributed by atoms with Crippen LogP contribution in [0.3, 0.4) is 0 Å². The van der Waals surface area contributed by atoms with E-state index in [-0.39, 0.29) is 12.3 Å². The van der Waals surface area contributed by atoms with Gasteiger partial charge in [-0.1, -0.05) is 104 Å². The summed E-state index contributed by atoms with van der Waals surface area (Å²) in [5.41, 5.74) is 1.05. The lowest BCUT2D eigenvalue weighted by atomic mass is 9.65. The van der Waals surface area contributed by atoms with Crippen molar-refractivity contribution in [3.8, 4) is 17.6 Å². The average molecular weight is 722 g/mol. The van der Waals surface area contributed by atoms with Crippen molar-refractivity contribution in [2.24, 2.45) is 5.92 Å². The molecule has 4 aromatic rings. The SMILES string of the molecule is C=CCNC(=O)C1[C@@H]2C(=O)O[C@@H](c3ccccc3)[C@@H](c3ccccc3)N2[C@@H](c2ccc(O)cc2)[C@]12C(=O)Nc1ccc(C#CC3(O)CCCCCC3)cc12. The summed E-state index contributed by atoms with van der Waals surface area (Å²) < 4.78 is 6.42. The Labute approximate surface area is 315 Å². The number of carbonyl (C=O) groups is 3. The van der Waals surface area contributed by atoms with Crippen molar-refractivity contribution >= 4 is 23.5 Å². The molecule has 3 fully saturated rings. The fourth-order valence-electron chi connectivity index (χ4n) is 9.24. The van der Waals surface area contributed by atoms with Crippen molar-refractivity contribution < 1.29 is 29.3 Å². The minimum absolute atomic E-state index is 0.0349. The van der Waals surface area contributed by atoms with Gasteiger partial charge in [-0.05, 0) is 78.3 Å². The molecule has 4 aromatic carbocycles. The van der Waals surface area contributed by atoms with Crippen LogP contribution in [0.25, 0.3) is 0 Å². The van der Waals surface area contributed by atoms with E-state index in [9.17, 15) is 19.8 Å². The maximum absolute atomic E-state index is 15.1. The monoisotopic (exact) mass is 721 g/mol. The Morgan fingerprint density at radius 2 is 1.56 bits per heavy atom. The first-order valence-corrected chi connectivity index (χ1v) is 18.7. The van der Waals surface area contributed by atoms with Crippen LogP contribution in [0.4, 0.5) is 5.69 Å². The number of nitrogens with zero attached hydrogens (tertiary/aromatic N) is 1. The van der Waals surface area contributed by atoms with Gasteiger partial charge in [0.25, 0.3) is 0 Å².